The SMILES string of the molecule is CCC(C)c1ccc(NC(N)=NCc2ccc(OC)cc2OC)cc1.I. The van der Waals surface area contributed by atoms with Gasteiger partial charge in [0.2, 0.25) is 0 Å². The molecule has 0 saturated heterocycles. The number of guanidine groups is 1. The first kappa shape index (κ1) is 22.1. The molecule has 0 radical (unpaired) electrons. The number of rotatable bonds is 7. The lowest BCUT2D eigenvalue weighted by Crippen LogP contribution is -2.22. The average molecular weight is 469 g/mol. The number of nitrogens with one attached hydrogen (secondary N) is 1. The van der Waals surface area contributed by atoms with Gasteiger partial charge in [0.25, 0.3) is 0 Å². The molecule has 1 unspecified atom stereocenters. The molecule has 0 saturated carbocycles. The van der Waals surface area contributed by atoms with Gasteiger partial charge in [0.05, 0.1) is 20.8 Å². The largest absolute Gasteiger partial charge is 0.497 e. The minimum atomic E-state index is 0. The van der Waals surface area contributed by atoms with Crippen LogP contribution in [0.15, 0.2) is 47.5 Å². The number of methoxy groups -OCH3 is 2. The van der Waals surface area contributed by atoms with Crippen LogP contribution in [-0.4, -0.2) is 20.2 Å². The standard InChI is InChI=1S/C20H27N3O2.HI/c1-5-14(2)15-6-9-17(10-7-15)23-20(21)22-13-16-8-11-18(24-3)12-19(16)25-4;/h6-12,14H,5,13H2,1-4H3,(H3,21,22,23);1H. The van der Waals surface area contributed by atoms with Gasteiger partial charge in [0.15, 0.2) is 5.96 Å². The van der Waals surface area contributed by atoms with E-state index in [9.17, 15) is 0 Å². The van der Waals surface area contributed by atoms with E-state index in [2.05, 4.69) is 36.3 Å². The second kappa shape index (κ2) is 10.9. The second-order valence-corrected chi connectivity index (χ2v) is 5.94. The Bertz CT molecular complexity index is 717. The van der Waals surface area contributed by atoms with E-state index < -0.39 is 0 Å². The summed E-state index contributed by atoms with van der Waals surface area (Å²) < 4.78 is 10.6. The van der Waals surface area contributed by atoms with Gasteiger partial charge in [-0.05, 0) is 42.2 Å². The van der Waals surface area contributed by atoms with E-state index >= 15 is 0 Å². The van der Waals surface area contributed by atoms with Gasteiger partial charge in [-0.1, -0.05) is 26.0 Å². The minimum absolute atomic E-state index is 0. The number of hydrogen-bond acceptors (Lipinski definition) is 3. The number of anilines is 1. The predicted octanol–water partition coefficient (Wildman–Crippen LogP) is 4.76. The Labute approximate surface area is 173 Å². The maximum atomic E-state index is 6.00. The van der Waals surface area contributed by atoms with E-state index in [0.717, 1.165) is 29.2 Å². The van der Waals surface area contributed by atoms with Crippen molar-refractivity contribution in [3.05, 3.63) is 53.6 Å². The zero-order valence-electron chi connectivity index (χ0n) is 15.8. The zero-order chi connectivity index (χ0) is 18.2. The van der Waals surface area contributed by atoms with Crippen LogP contribution in [0.3, 0.4) is 0 Å². The Morgan fingerprint density at radius 1 is 1.12 bits per heavy atom. The maximum absolute atomic E-state index is 6.00. The van der Waals surface area contributed by atoms with E-state index in [1.54, 1.807) is 14.2 Å². The summed E-state index contributed by atoms with van der Waals surface area (Å²) in [6.45, 7) is 4.84. The Balaban J connectivity index is 0.00000338. The fourth-order valence-electron chi connectivity index (χ4n) is 2.47. The van der Waals surface area contributed by atoms with Crippen molar-refractivity contribution in [2.24, 2.45) is 10.7 Å². The van der Waals surface area contributed by atoms with Crippen molar-refractivity contribution >= 4 is 35.6 Å². The van der Waals surface area contributed by atoms with Crippen molar-refractivity contribution < 1.29 is 9.47 Å². The highest BCUT2D eigenvalue weighted by atomic mass is 127. The summed E-state index contributed by atoms with van der Waals surface area (Å²) >= 11 is 0. The zero-order valence-corrected chi connectivity index (χ0v) is 18.1. The Kier molecular flexibility index (Phi) is 9.26. The van der Waals surface area contributed by atoms with Gasteiger partial charge in [0.1, 0.15) is 11.5 Å². The van der Waals surface area contributed by atoms with Crippen LogP contribution in [0.4, 0.5) is 5.69 Å². The van der Waals surface area contributed by atoms with Crippen LogP contribution in [0.25, 0.3) is 0 Å². The Morgan fingerprint density at radius 3 is 2.38 bits per heavy atom. The number of halogens is 1. The fourth-order valence-corrected chi connectivity index (χ4v) is 2.47. The molecular formula is C20H28IN3O2. The smallest absolute Gasteiger partial charge is 0.193 e. The third kappa shape index (κ3) is 6.09. The highest BCUT2D eigenvalue weighted by Crippen LogP contribution is 2.25. The van der Waals surface area contributed by atoms with Crippen LogP contribution in [0.5, 0.6) is 11.5 Å². The highest BCUT2D eigenvalue weighted by molar-refractivity contribution is 14.0. The number of ether oxygens (including phenoxy) is 2. The Morgan fingerprint density at radius 2 is 1.81 bits per heavy atom. The molecule has 142 valence electrons. The number of benzene rings is 2. The molecule has 3 N–H and O–H groups in total. The molecule has 0 aliphatic heterocycles. The molecule has 2 aromatic rings. The molecule has 0 spiro atoms. The van der Waals surface area contributed by atoms with Gasteiger partial charge < -0.3 is 20.5 Å². The lowest BCUT2D eigenvalue weighted by molar-refractivity contribution is 0.391. The Hall–Kier alpha value is -1.96. The molecule has 2 rings (SSSR count). The first-order valence-electron chi connectivity index (χ1n) is 8.45. The molecule has 0 aliphatic rings. The average Bonchev–Trinajstić information content (AvgIpc) is 2.66. The summed E-state index contributed by atoms with van der Waals surface area (Å²) in [5.41, 5.74) is 9.19. The van der Waals surface area contributed by atoms with Crippen molar-refractivity contribution in [1.29, 1.82) is 0 Å². The predicted molar refractivity (Wildman–Crippen MR) is 119 cm³/mol. The maximum Gasteiger partial charge on any atom is 0.193 e. The monoisotopic (exact) mass is 469 g/mol. The molecule has 0 aliphatic carbocycles. The molecule has 5 nitrogen and oxygen atoms in total. The van der Waals surface area contributed by atoms with Gasteiger partial charge in [-0.2, -0.15) is 0 Å². The van der Waals surface area contributed by atoms with Crippen molar-refractivity contribution in [1.82, 2.24) is 0 Å². The van der Waals surface area contributed by atoms with Crippen molar-refractivity contribution in [2.75, 3.05) is 19.5 Å². The van der Waals surface area contributed by atoms with Crippen LogP contribution < -0.4 is 20.5 Å². The van der Waals surface area contributed by atoms with E-state index in [0.29, 0.717) is 18.4 Å². The van der Waals surface area contributed by atoms with Crippen LogP contribution in [0, 0.1) is 0 Å². The van der Waals surface area contributed by atoms with E-state index in [1.165, 1.54) is 5.56 Å². The van der Waals surface area contributed by atoms with Crippen LogP contribution in [-0.2, 0) is 6.54 Å². The van der Waals surface area contributed by atoms with Crippen molar-refractivity contribution in [2.45, 2.75) is 32.7 Å². The summed E-state index contributed by atoms with van der Waals surface area (Å²) in [6.07, 6.45) is 1.13. The number of hydrogen-bond donors (Lipinski definition) is 2. The number of nitrogens with zero attached hydrogens (tertiary/aromatic N) is 1. The molecular weight excluding hydrogens is 441 g/mol. The summed E-state index contributed by atoms with van der Waals surface area (Å²) in [6, 6.07) is 13.9. The molecule has 2 aromatic carbocycles. The minimum Gasteiger partial charge on any atom is -0.497 e. The summed E-state index contributed by atoms with van der Waals surface area (Å²) in [5.74, 6) is 2.41. The molecule has 0 bridgehead atoms. The second-order valence-electron chi connectivity index (χ2n) is 5.94. The van der Waals surface area contributed by atoms with Gasteiger partial charge in [-0.25, -0.2) is 4.99 Å². The highest BCUT2D eigenvalue weighted by Gasteiger charge is 2.05. The molecule has 0 amide bonds. The van der Waals surface area contributed by atoms with E-state index in [-0.39, 0.29) is 24.0 Å². The lowest BCUT2D eigenvalue weighted by Gasteiger charge is -2.11. The topological polar surface area (TPSA) is 68.9 Å². The molecule has 0 heterocycles. The van der Waals surface area contributed by atoms with E-state index in [1.807, 2.05) is 30.3 Å². The van der Waals surface area contributed by atoms with Gasteiger partial charge >= 0.3 is 0 Å². The van der Waals surface area contributed by atoms with Gasteiger partial charge in [-0.3, -0.25) is 0 Å². The molecule has 1 atom stereocenters. The summed E-state index contributed by atoms with van der Waals surface area (Å²) in [4.78, 5) is 4.39. The van der Waals surface area contributed by atoms with Crippen LogP contribution in [0.1, 0.15) is 37.3 Å². The quantitative estimate of drug-likeness (QED) is 0.349. The summed E-state index contributed by atoms with van der Waals surface area (Å²) in [5, 5.41) is 3.12. The lowest BCUT2D eigenvalue weighted by atomic mass is 9.99. The first-order chi connectivity index (χ1) is 12.1. The van der Waals surface area contributed by atoms with Gasteiger partial charge in [0, 0.05) is 17.3 Å². The van der Waals surface area contributed by atoms with Crippen molar-refractivity contribution in [3.8, 4) is 11.5 Å². The number of aliphatic imine (C=N–C) groups is 1. The third-order valence-corrected chi connectivity index (χ3v) is 4.28. The number of nitrogens with two attached hydrogens (primary N) is 1. The fraction of sp³-hybridized carbons (Fsp3) is 0.350. The molecule has 26 heavy (non-hydrogen) atoms. The first-order valence-corrected chi connectivity index (χ1v) is 8.45. The van der Waals surface area contributed by atoms with Crippen molar-refractivity contribution in [3.63, 3.8) is 0 Å². The van der Waals surface area contributed by atoms with E-state index in [4.69, 9.17) is 15.2 Å². The molecule has 0 fully saturated rings. The molecule has 0 aromatic heterocycles. The molecule has 6 heteroatoms. The van der Waals surface area contributed by atoms with Crippen LogP contribution >= 0.6 is 24.0 Å². The normalized spacial score (nSPS) is 12.1. The summed E-state index contributed by atoms with van der Waals surface area (Å²) in [7, 11) is 3.25. The van der Waals surface area contributed by atoms with Crippen LogP contribution in [0.2, 0.25) is 0 Å². The van der Waals surface area contributed by atoms with Gasteiger partial charge in [-0.15, -0.1) is 24.0 Å². The third-order valence-electron chi connectivity index (χ3n) is 4.28.